The van der Waals surface area contributed by atoms with Gasteiger partial charge in [0.1, 0.15) is 11.8 Å². The summed E-state index contributed by atoms with van der Waals surface area (Å²) in [6.07, 6.45) is 3.46. The number of ether oxygens (including phenoxy) is 1. The van der Waals surface area contributed by atoms with Crippen LogP contribution in [-0.4, -0.2) is 44.9 Å². The molecule has 2 aromatic rings. The fourth-order valence-electron chi connectivity index (χ4n) is 3.61. The van der Waals surface area contributed by atoms with E-state index in [1.165, 1.54) is 16.4 Å². The Balaban J connectivity index is 1.81. The molecule has 1 aliphatic rings. The molecule has 6 nitrogen and oxygen atoms in total. The van der Waals surface area contributed by atoms with Crippen molar-refractivity contribution in [2.24, 2.45) is 0 Å². The van der Waals surface area contributed by atoms with E-state index in [1.54, 1.807) is 19.2 Å². The number of benzene rings is 2. The Labute approximate surface area is 183 Å². The Kier molecular flexibility index (Phi) is 7.75. The van der Waals surface area contributed by atoms with Crippen molar-refractivity contribution in [1.29, 1.82) is 0 Å². The molecule has 1 unspecified atom stereocenters. The van der Waals surface area contributed by atoms with Gasteiger partial charge in [-0.05, 0) is 74.1 Å². The SMILES string of the molecule is COc1ccc(CCCN(C2CCCCNC2=O)S(=O)(=O)c2ccc(Cl)cc2)cc1. The number of nitrogens with one attached hydrogen (secondary N) is 1. The van der Waals surface area contributed by atoms with Crippen LogP contribution in [0.4, 0.5) is 0 Å². The van der Waals surface area contributed by atoms with Gasteiger partial charge in [0.25, 0.3) is 0 Å². The molecule has 3 rings (SSSR count). The summed E-state index contributed by atoms with van der Waals surface area (Å²) < 4.78 is 33.4. The highest BCUT2D eigenvalue weighted by Gasteiger charge is 2.36. The summed E-state index contributed by atoms with van der Waals surface area (Å²) in [5.74, 6) is 0.551. The normalized spacial score (nSPS) is 17.4. The largest absolute Gasteiger partial charge is 0.497 e. The number of hydrogen-bond donors (Lipinski definition) is 1. The van der Waals surface area contributed by atoms with Crippen molar-refractivity contribution in [3.05, 3.63) is 59.1 Å². The van der Waals surface area contributed by atoms with Crippen molar-refractivity contribution in [3.8, 4) is 5.75 Å². The van der Waals surface area contributed by atoms with Gasteiger partial charge in [-0.15, -0.1) is 0 Å². The van der Waals surface area contributed by atoms with Crippen molar-refractivity contribution in [2.45, 2.75) is 43.0 Å². The van der Waals surface area contributed by atoms with Crippen molar-refractivity contribution < 1.29 is 17.9 Å². The Morgan fingerprint density at radius 3 is 2.47 bits per heavy atom. The lowest BCUT2D eigenvalue weighted by molar-refractivity contribution is -0.124. The molecule has 0 spiro atoms. The molecule has 1 fully saturated rings. The van der Waals surface area contributed by atoms with Gasteiger partial charge in [0.05, 0.1) is 12.0 Å². The van der Waals surface area contributed by atoms with E-state index in [1.807, 2.05) is 24.3 Å². The molecule has 1 saturated heterocycles. The number of amides is 1. The highest BCUT2D eigenvalue weighted by atomic mass is 35.5. The van der Waals surface area contributed by atoms with E-state index in [9.17, 15) is 13.2 Å². The van der Waals surface area contributed by atoms with Crippen LogP contribution in [0.1, 0.15) is 31.2 Å². The fraction of sp³-hybridized carbons (Fsp3) is 0.409. The maximum atomic E-state index is 13.4. The molecular formula is C22H27ClN2O4S. The van der Waals surface area contributed by atoms with Gasteiger partial charge in [-0.25, -0.2) is 8.42 Å². The van der Waals surface area contributed by atoms with Crippen LogP contribution >= 0.6 is 11.6 Å². The molecule has 0 saturated carbocycles. The maximum Gasteiger partial charge on any atom is 0.243 e. The van der Waals surface area contributed by atoms with E-state index in [-0.39, 0.29) is 17.3 Å². The van der Waals surface area contributed by atoms with Gasteiger partial charge < -0.3 is 10.1 Å². The van der Waals surface area contributed by atoms with E-state index in [2.05, 4.69) is 5.32 Å². The van der Waals surface area contributed by atoms with E-state index in [0.29, 0.717) is 30.8 Å². The topological polar surface area (TPSA) is 75.7 Å². The van der Waals surface area contributed by atoms with E-state index in [0.717, 1.165) is 24.2 Å². The molecule has 1 amide bonds. The summed E-state index contributed by atoms with van der Waals surface area (Å²) >= 11 is 5.93. The minimum absolute atomic E-state index is 0.147. The Morgan fingerprint density at radius 1 is 1.10 bits per heavy atom. The van der Waals surface area contributed by atoms with Crippen LogP contribution in [0.2, 0.25) is 5.02 Å². The molecular weight excluding hydrogens is 424 g/mol. The highest BCUT2D eigenvalue weighted by Crippen LogP contribution is 2.24. The summed E-state index contributed by atoms with van der Waals surface area (Å²) in [7, 11) is -2.22. The highest BCUT2D eigenvalue weighted by molar-refractivity contribution is 7.89. The lowest BCUT2D eigenvalue weighted by Crippen LogP contribution is -2.49. The number of sulfonamides is 1. The summed E-state index contributed by atoms with van der Waals surface area (Å²) in [6.45, 7) is 0.838. The van der Waals surface area contributed by atoms with Crippen LogP contribution in [0.25, 0.3) is 0 Å². The average Bonchev–Trinajstić information content (AvgIpc) is 2.96. The van der Waals surface area contributed by atoms with Crippen LogP contribution in [0.3, 0.4) is 0 Å². The standard InChI is InChI=1S/C22H27ClN2O4S/c1-29-19-11-7-17(8-12-19)5-4-16-25(21-6-2-3-15-24-22(21)26)30(27,28)20-13-9-18(23)10-14-20/h7-14,21H,2-6,15-16H2,1H3,(H,24,26). The van der Waals surface area contributed by atoms with Crippen LogP contribution in [0.15, 0.2) is 53.4 Å². The van der Waals surface area contributed by atoms with Crippen molar-refractivity contribution in [2.75, 3.05) is 20.2 Å². The molecule has 30 heavy (non-hydrogen) atoms. The minimum Gasteiger partial charge on any atom is -0.497 e. The van der Waals surface area contributed by atoms with Crippen molar-refractivity contribution in [3.63, 3.8) is 0 Å². The lowest BCUT2D eigenvalue weighted by Gasteiger charge is -2.29. The first-order valence-corrected chi connectivity index (χ1v) is 11.9. The quantitative estimate of drug-likeness (QED) is 0.666. The van der Waals surface area contributed by atoms with Gasteiger partial charge in [-0.2, -0.15) is 4.31 Å². The molecule has 0 aliphatic carbocycles. The number of methoxy groups -OCH3 is 1. The molecule has 0 bridgehead atoms. The van der Waals surface area contributed by atoms with Crippen LogP contribution in [0, 0.1) is 0 Å². The predicted octanol–water partition coefficient (Wildman–Crippen LogP) is 3.64. The number of carbonyl (C=O) groups is 1. The molecule has 1 heterocycles. The number of aryl methyl sites for hydroxylation is 1. The molecule has 1 atom stereocenters. The molecule has 1 aliphatic heterocycles. The molecule has 2 aromatic carbocycles. The summed E-state index contributed by atoms with van der Waals surface area (Å²) in [6, 6.07) is 13.1. The Morgan fingerprint density at radius 2 is 1.80 bits per heavy atom. The van der Waals surface area contributed by atoms with Gasteiger partial charge in [0, 0.05) is 18.1 Å². The predicted molar refractivity (Wildman–Crippen MR) is 117 cm³/mol. The Bertz CT molecular complexity index is 946. The molecule has 8 heteroatoms. The third-order valence-corrected chi connectivity index (χ3v) is 7.45. The third kappa shape index (κ3) is 5.53. The monoisotopic (exact) mass is 450 g/mol. The number of rotatable bonds is 8. The summed E-state index contributed by atoms with van der Waals surface area (Å²) in [4.78, 5) is 12.8. The molecule has 1 N–H and O–H groups in total. The maximum absolute atomic E-state index is 13.4. The Hall–Kier alpha value is -2.09. The average molecular weight is 451 g/mol. The second-order valence-corrected chi connectivity index (χ2v) is 9.65. The van der Waals surface area contributed by atoms with Gasteiger partial charge in [0.15, 0.2) is 0 Å². The van der Waals surface area contributed by atoms with Gasteiger partial charge in [-0.3, -0.25) is 4.79 Å². The zero-order valence-corrected chi connectivity index (χ0v) is 18.6. The first-order chi connectivity index (χ1) is 14.4. The zero-order valence-electron chi connectivity index (χ0n) is 17.0. The van der Waals surface area contributed by atoms with Gasteiger partial charge in [0.2, 0.25) is 15.9 Å². The first kappa shape index (κ1) is 22.6. The van der Waals surface area contributed by atoms with Gasteiger partial charge in [-0.1, -0.05) is 23.7 Å². The van der Waals surface area contributed by atoms with Crippen LogP contribution < -0.4 is 10.1 Å². The van der Waals surface area contributed by atoms with E-state index >= 15 is 0 Å². The lowest BCUT2D eigenvalue weighted by atomic mass is 10.1. The minimum atomic E-state index is -3.84. The van der Waals surface area contributed by atoms with E-state index < -0.39 is 16.1 Å². The van der Waals surface area contributed by atoms with E-state index in [4.69, 9.17) is 16.3 Å². The van der Waals surface area contributed by atoms with Crippen molar-refractivity contribution >= 4 is 27.5 Å². The summed E-state index contributed by atoms with van der Waals surface area (Å²) in [5.41, 5.74) is 1.09. The molecule has 0 radical (unpaired) electrons. The van der Waals surface area contributed by atoms with Crippen LogP contribution in [0.5, 0.6) is 5.75 Å². The fourth-order valence-corrected chi connectivity index (χ4v) is 5.40. The molecule has 162 valence electrons. The second kappa shape index (κ2) is 10.3. The smallest absolute Gasteiger partial charge is 0.243 e. The zero-order chi connectivity index (χ0) is 21.6. The van der Waals surface area contributed by atoms with Gasteiger partial charge >= 0.3 is 0 Å². The number of nitrogens with zero attached hydrogens (tertiary/aromatic N) is 1. The molecule has 0 aromatic heterocycles. The first-order valence-electron chi connectivity index (χ1n) is 10.1. The number of carbonyl (C=O) groups excluding carboxylic acids is 1. The second-order valence-electron chi connectivity index (χ2n) is 7.32. The third-order valence-electron chi connectivity index (χ3n) is 5.28. The summed E-state index contributed by atoms with van der Waals surface area (Å²) in [5, 5.41) is 3.31. The number of halogens is 1. The number of hydrogen-bond acceptors (Lipinski definition) is 4. The van der Waals surface area contributed by atoms with Crippen LogP contribution in [-0.2, 0) is 21.2 Å². The van der Waals surface area contributed by atoms with Crippen molar-refractivity contribution in [1.82, 2.24) is 9.62 Å².